The number of aromatic nitrogens is 1. The second kappa shape index (κ2) is 3.98. The Kier molecular flexibility index (Phi) is 2.80. The van der Waals surface area contributed by atoms with E-state index in [0.29, 0.717) is 0 Å². The first-order chi connectivity index (χ1) is 7.46. The summed E-state index contributed by atoms with van der Waals surface area (Å²) in [6.07, 6.45) is 5.79. The van der Waals surface area contributed by atoms with E-state index in [1.54, 1.807) is 6.20 Å². The summed E-state index contributed by atoms with van der Waals surface area (Å²) in [7, 11) is 0. The molecule has 0 aliphatic heterocycles. The minimum absolute atomic E-state index is 0.0514. The smallest absolute Gasteiger partial charge is 0.142 e. The molecule has 1 aliphatic carbocycles. The molecule has 0 radical (unpaired) electrons. The van der Waals surface area contributed by atoms with Crippen LogP contribution < -0.4 is 0 Å². The van der Waals surface area contributed by atoms with Crippen LogP contribution in [0.15, 0.2) is 24.5 Å². The molecule has 2 nitrogen and oxygen atoms in total. The van der Waals surface area contributed by atoms with Crippen LogP contribution in [0.3, 0.4) is 0 Å². The zero-order valence-electron chi connectivity index (χ0n) is 9.57. The van der Waals surface area contributed by atoms with Gasteiger partial charge in [-0.1, -0.05) is 19.9 Å². The third-order valence-electron chi connectivity index (χ3n) is 2.90. The van der Waals surface area contributed by atoms with E-state index in [9.17, 15) is 9.50 Å². The van der Waals surface area contributed by atoms with Crippen molar-refractivity contribution in [1.29, 1.82) is 0 Å². The molecular formula is C13H16FNO. The van der Waals surface area contributed by atoms with Crippen molar-refractivity contribution in [2.45, 2.75) is 32.8 Å². The first kappa shape index (κ1) is 11.3. The van der Waals surface area contributed by atoms with E-state index in [-0.39, 0.29) is 11.2 Å². The van der Waals surface area contributed by atoms with Crippen molar-refractivity contribution in [3.05, 3.63) is 35.9 Å². The molecule has 16 heavy (non-hydrogen) atoms. The number of pyridine rings is 1. The lowest BCUT2D eigenvalue weighted by Gasteiger charge is -2.32. The quantitative estimate of drug-likeness (QED) is 0.791. The topological polar surface area (TPSA) is 33.1 Å². The normalized spacial score (nSPS) is 24.0. The van der Waals surface area contributed by atoms with Gasteiger partial charge in [0.15, 0.2) is 0 Å². The average molecular weight is 221 g/mol. The fraction of sp³-hybridized carbons (Fsp3) is 0.462. The summed E-state index contributed by atoms with van der Waals surface area (Å²) in [6, 6.07) is 1.47. The van der Waals surface area contributed by atoms with Gasteiger partial charge in [-0.2, -0.15) is 0 Å². The monoisotopic (exact) mass is 221 g/mol. The zero-order chi connectivity index (χ0) is 11.8. The van der Waals surface area contributed by atoms with Crippen LogP contribution in [0.4, 0.5) is 4.39 Å². The van der Waals surface area contributed by atoms with E-state index >= 15 is 0 Å². The first-order valence-electron chi connectivity index (χ1n) is 5.46. The number of halogens is 1. The number of aliphatic hydroxyl groups excluding tert-OH is 1. The average Bonchev–Trinajstić information content (AvgIpc) is 2.14. The summed E-state index contributed by atoms with van der Waals surface area (Å²) >= 11 is 0. The molecule has 1 aliphatic rings. The van der Waals surface area contributed by atoms with Gasteiger partial charge < -0.3 is 5.11 Å². The summed E-state index contributed by atoms with van der Waals surface area (Å²) in [5.74, 6) is -0.337. The Labute approximate surface area is 94.8 Å². The molecule has 0 saturated heterocycles. The van der Waals surface area contributed by atoms with Gasteiger partial charge in [0, 0.05) is 6.20 Å². The van der Waals surface area contributed by atoms with Crippen molar-refractivity contribution in [2.24, 2.45) is 5.41 Å². The summed E-state index contributed by atoms with van der Waals surface area (Å²) < 4.78 is 13.1. The maximum Gasteiger partial charge on any atom is 0.142 e. The third kappa shape index (κ3) is 2.47. The van der Waals surface area contributed by atoms with Gasteiger partial charge in [-0.3, -0.25) is 4.98 Å². The molecule has 0 amide bonds. The largest absolute Gasteiger partial charge is 0.389 e. The third-order valence-corrected chi connectivity index (χ3v) is 2.90. The van der Waals surface area contributed by atoms with Gasteiger partial charge in [0.05, 0.1) is 12.3 Å². The fourth-order valence-electron chi connectivity index (χ4n) is 2.29. The molecule has 0 saturated carbocycles. The van der Waals surface area contributed by atoms with E-state index in [2.05, 4.69) is 18.8 Å². The van der Waals surface area contributed by atoms with Crippen molar-refractivity contribution >= 4 is 5.57 Å². The van der Waals surface area contributed by atoms with Crippen LogP contribution in [0.1, 0.15) is 32.3 Å². The van der Waals surface area contributed by atoms with Crippen LogP contribution in [0.25, 0.3) is 5.57 Å². The van der Waals surface area contributed by atoms with Crippen LogP contribution in [0, 0.1) is 11.2 Å². The van der Waals surface area contributed by atoms with Crippen LogP contribution in [-0.2, 0) is 0 Å². The SMILES string of the molecule is CC1(C)CC(c2cncc(F)c2)=CC(O)C1. The van der Waals surface area contributed by atoms with Gasteiger partial charge in [-0.15, -0.1) is 0 Å². The Bertz CT molecular complexity index is 426. The van der Waals surface area contributed by atoms with Crippen molar-refractivity contribution in [3.63, 3.8) is 0 Å². The Morgan fingerprint density at radius 2 is 2.19 bits per heavy atom. The molecule has 0 fully saturated rings. The highest BCUT2D eigenvalue weighted by Crippen LogP contribution is 2.39. The summed E-state index contributed by atoms with van der Waals surface area (Å²) in [5, 5.41) is 9.76. The standard InChI is InChI=1S/C13H16FNO/c1-13(2)5-9(4-12(16)6-13)10-3-11(14)8-15-7-10/h3-4,7-8,12,16H,5-6H2,1-2H3. The van der Waals surface area contributed by atoms with Crippen LogP contribution in [0.5, 0.6) is 0 Å². The van der Waals surface area contributed by atoms with Crippen molar-refractivity contribution < 1.29 is 9.50 Å². The number of nitrogens with zero attached hydrogens (tertiary/aromatic N) is 1. The molecule has 1 unspecified atom stereocenters. The van der Waals surface area contributed by atoms with Crippen molar-refractivity contribution in [3.8, 4) is 0 Å². The molecule has 1 heterocycles. The second-order valence-electron chi connectivity index (χ2n) is 5.20. The molecule has 1 N–H and O–H groups in total. The minimum atomic E-state index is -0.443. The number of hydrogen-bond donors (Lipinski definition) is 1. The molecule has 1 aromatic rings. The predicted octanol–water partition coefficient (Wildman–Crippen LogP) is 2.79. The lowest BCUT2D eigenvalue weighted by atomic mass is 9.75. The fourth-order valence-corrected chi connectivity index (χ4v) is 2.29. The number of allylic oxidation sites excluding steroid dienone is 1. The first-order valence-corrected chi connectivity index (χ1v) is 5.46. The molecule has 0 spiro atoms. The van der Waals surface area contributed by atoms with Crippen LogP contribution in [-0.4, -0.2) is 16.2 Å². The predicted molar refractivity (Wildman–Crippen MR) is 61.2 cm³/mol. The van der Waals surface area contributed by atoms with Gasteiger partial charge in [0.2, 0.25) is 0 Å². The number of rotatable bonds is 1. The molecular weight excluding hydrogens is 205 g/mol. The van der Waals surface area contributed by atoms with Gasteiger partial charge in [0.25, 0.3) is 0 Å². The van der Waals surface area contributed by atoms with Gasteiger partial charge in [-0.05, 0) is 35.5 Å². The molecule has 86 valence electrons. The van der Waals surface area contributed by atoms with Gasteiger partial charge in [0.1, 0.15) is 5.82 Å². The molecule has 2 rings (SSSR count). The maximum absolute atomic E-state index is 13.1. The Morgan fingerprint density at radius 3 is 2.81 bits per heavy atom. The Morgan fingerprint density at radius 1 is 1.44 bits per heavy atom. The highest BCUT2D eigenvalue weighted by Gasteiger charge is 2.28. The minimum Gasteiger partial charge on any atom is -0.389 e. The van der Waals surface area contributed by atoms with Crippen molar-refractivity contribution in [2.75, 3.05) is 0 Å². The Hall–Kier alpha value is -1.22. The zero-order valence-corrected chi connectivity index (χ0v) is 9.57. The molecule has 3 heteroatoms. The highest BCUT2D eigenvalue weighted by molar-refractivity contribution is 5.66. The van der Waals surface area contributed by atoms with E-state index in [1.807, 2.05) is 6.08 Å². The lowest BCUT2D eigenvalue weighted by molar-refractivity contribution is 0.146. The number of aliphatic hydroxyl groups is 1. The van der Waals surface area contributed by atoms with E-state index in [1.165, 1.54) is 12.3 Å². The van der Waals surface area contributed by atoms with E-state index < -0.39 is 6.10 Å². The molecule has 1 aromatic heterocycles. The van der Waals surface area contributed by atoms with Gasteiger partial charge in [-0.25, -0.2) is 4.39 Å². The Balaban J connectivity index is 2.34. The molecule has 0 bridgehead atoms. The number of hydrogen-bond acceptors (Lipinski definition) is 2. The van der Waals surface area contributed by atoms with E-state index in [4.69, 9.17) is 0 Å². The summed E-state index contributed by atoms with van der Waals surface area (Å²) in [6.45, 7) is 4.21. The van der Waals surface area contributed by atoms with Crippen molar-refractivity contribution in [1.82, 2.24) is 4.98 Å². The summed E-state index contributed by atoms with van der Waals surface area (Å²) in [5.41, 5.74) is 1.80. The molecule has 1 atom stereocenters. The highest BCUT2D eigenvalue weighted by atomic mass is 19.1. The second-order valence-corrected chi connectivity index (χ2v) is 5.20. The maximum atomic E-state index is 13.1. The van der Waals surface area contributed by atoms with Crippen LogP contribution >= 0.6 is 0 Å². The molecule has 0 aromatic carbocycles. The van der Waals surface area contributed by atoms with Gasteiger partial charge >= 0.3 is 0 Å². The van der Waals surface area contributed by atoms with Crippen LogP contribution in [0.2, 0.25) is 0 Å². The summed E-state index contributed by atoms with van der Waals surface area (Å²) in [4.78, 5) is 3.83. The van der Waals surface area contributed by atoms with E-state index in [0.717, 1.165) is 24.0 Å². The lowest BCUT2D eigenvalue weighted by Crippen LogP contribution is -2.24.